The average Bonchev–Trinajstić information content (AvgIpc) is 2.77. The van der Waals surface area contributed by atoms with Crippen molar-refractivity contribution >= 4 is 11.9 Å². The Morgan fingerprint density at radius 3 is 2.52 bits per heavy atom. The lowest BCUT2D eigenvalue weighted by Crippen LogP contribution is -2.28. The monoisotopic (exact) mass is 288 g/mol. The number of hydrogen-bond donors (Lipinski definition) is 2. The largest absolute Gasteiger partial charge is 0.477 e. The molecule has 0 spiro atoms. The van der Waals surface area contributed by atoms with Gasteiger partial charge in [-0.1, -0.05) is 6.07 Å². The van der Waals surface area contributed by atoms with Crippen molar-refractivity contribution in [3.8, 4) is 0 Å². The van der Waals surface area contributed by atoms with Crippen LogP contribution in [-0.4, -0.2) is 22.0 Å². The predicted molar refractivity (Wildman–Crippen MR) is 75.3 cm³/mol. The summed E-state index contributed by atoms with van der Waals surface area (Å²) in [7, 11) is 0. The Labute approximate surface area is 121 Å². The molecule has 0 aliphatic carbocycles. The number of nitrogens with zero attached hydrogens (tertiary/aromatic N) is 1. The van der Waals surface area contributed by atoms with Crippen LogP contribution in [0.15, 0.2) is 28.7 Å². The van der Waals surface area contributed by atoms with Crippen molar-refractivity contribution < 1.29 is 19.1 Å². The van der Waals surface area contributed by atoms with Crippen LogP contribution in [0, 0.1) is 13.8 Å². The number of carboxylic acids is 1. The predicted octanol–water partition coefficient (Wildman–Crippen LogP) is 2.48. The van der Waals surface area contributed by atoms with E-state index in [1.54, 1.807) is 0 Å². The van der Waals surface area contributed by atoms with Gasteiger partial charge >= 0.3 is 5.97 Å². The second-order valence-corrected chi connectivity index (χ2v) is 4.78. The van der Waals surface area contributed by atoms with E-state index in [9.17, 15) is 9.59 Å². The molecule has 0 saturated heterocycles. The van der Waals surface area contributed by atoms with Crippen molar-refractivity contribution in [1.82, 2.24) is 10.3 Å². The Bertz CT molecular complexity index is 691. The molecule has 0 aliphatic heterocycles. The van der Waals surface area contributed by atoms with E-state index in [-0.39, 0.29) is 17.4 Å². The fourth-order valence-electron chi connectivity index (χ4n) is 2.11. The lowest BCUT2D eigenvalue weighted by Gasteiger charge is -2.13. The van der Waals surface area contributed by atoms with Gasteiger partial charge in [0.15, 0.2) is 0 Å². The molecule has 1 atom stereocenters. The zero-order valence-corrected chi connectivity index (χ0v) is 12.0. The smallest absolute Gasteiger partial charge is 0.354 e. The van der Waals surface area contributed by atoms with Crippen LogP contribution >= 0.6 is 0 Å². The minimum atomic E-state index is -1.17. The molecule has 6 heteroatoms. The van der Waals surface area contributed by atoms with Crippen molar-refractivity contribution in [2.24, 2.45) is 0 Å². The second-order valence-electron chi connectivity index (χ2n) is 4.78. The van der Waals surface area contributed by atoms with Gasteiger partial charge in [0.05, 0.1) is 6.04 Å². The van der Waals surface area contributed by atoms with Gasteiger partial charge in [-0.25, -0.2) is 9.78 Å². The van der Waals surface area contributed by atoms with Crippen molar-refractivity contribution in [3.05, 3.63) is 52.7 Å². The molecule has 2 N–H and O–H groups in total. The second kappa shape index (κ2) is 5.78. The number of nitrogens with one attached hydrogen (secondary N) is 1. The maximum atomic E-state index is 12.1. The molecule has 0 aliphatic rings. The number of carbonyl (C=O) groups excluding carboxylic acids is 1. The molecular weight excluding hydrogens is 272 g/mol. The van der Waals surface area contributed by atoms with Crippen LogP contribution in [0.5, 0.6) is 0 Å². The van der Waals surface area contributed by atoms with E-state index >= 15 is 0 Å². The Balaban J connectivity index is 2.16. The highest BCUT2D eigenvalue weighted by molar-refractivity contribution is 5.94. The summed E-state index contributed by atoms with van der Waals surface area (Å²) in [6.07, 6.45) is 0. The van der Waals surface area contributed by atoms with Gasteiger partial charge in [0.25, 0.3) is 5.91 Å². The maximum absolute atomic E-state index is 12.1. The van der Waals surface area contributed by atoms with Crippen LogP contribution < -0.4 is 5.32 Å². The topological polar surface area (TPSA) is 92.4 Å². The van der Waals surface area contributed by atoms with Gasteiger partial charge in [0.2, 0.25) is 0 Å². The first-order chi connectivity index (χ1) is 9.88. The first-order valence-electron chi connectivity index (χ1n) is 6.46. The lowest BCUT2D eigenvalue weighted by atomic mass is 10.1. The van der Waals surface area contributed by atoms with E-state index in [1.165, 1.54) is 18.2 Å². The third-order valence-electron chi connectivity index (χ3n) is 3.09. The third kappa shape index (κ3) is 3.28. The van der Waals surface area contributed by atoms with Crippen molar-refractivity contribution in [3.63, 3.8) is 0 Å². The Morgan fingerprint density at radius 1 is 1.29 bits per heavy atom. The van der Waals surface area contributed by atoms with Crippen LogP contribution in [0.1, 0.15) is 51.0 Å². The quantitative estimate of drug-likeness (QED) is 0.901. The van der Waals surface area contributed by atoms with Gasteiger partial charge in [-0.3, -0.25) is 4.79 Å². The van der Waals surface area contributed by atoms with Crippen molar-refractivity contribution in [1.29, 1.82) is 0 Å². The van der Waals surface area contributed by atoms with Gasteiger partial charge in [-0.05, 0) is 39.0 Å². The zero-order chi connectivity index (χ0) is 15.6. The third-order valence-corrected chi connectivity index (χ3v) is 3.09. The molecule has 21 heavy (non-hydrogen) atoms. The molecule has 2 heterocycles. The molecule has 0 aromatic carbocycles. The summed E-state index contributed by atoms with van der Waals surface area (Å²) in [5.41, 5.74) is 0.792. The minimum absolute atomic E-state index is 0.0691. The minimum Gasteiger partial charge on any atom is -0.477 e. The zero-order valence-electron chi connectivity index (χ0n) is 12.0. The Kier molecular flexibility index (Phi) is 4.07. The summed E-state index contributed by atoms with van der Waals surface area (Å²) < 4.78 is 5.43. The lowest BCUT2D eigenvalue weighted by molar-refractivity contribution is 0.0690. The molecule has 1 amide bonds. The summed E-state index contributed by atoms with van der Waals surface area (Å²) in [4.78, 5) is 26.8. The van der Waals surface area contributed by atoms with Crippen LogP contribution in [0.2, 0.25) is 0 Å². The number of aromatic carboxylic acids is 1. The number of carboxylic acid groups (broad SMARTS) is 1. The van der Waals surface area contributed by atoms with Gasteiger partial charge < -0.3 is 14.8 Å². The van der Waals surface area contributed by atoms with E-state index < -0.39 is 11.9 Å². The van der Waals surface area contributed by atoms with Crippen LogP contribution in [0.4, 0.5) is 0 Å². The van der Waals surface area contributed by atoms with Crippen LogP contribution in [0.25, 0.3) is 0 Å². The van der Waals surface area contributed by atoms with Gasteiger partial charge in [0.1, 0.15) is 22.9 Å². The molecule has 2 aromatic heterocycles. The number of aryl methyl sites for hydroxylation is 2. The normalized spacial score (nSPS) is 12.0. The summed E-state index contributed by atoms with van der Waals surface area (Å²) in [5.74, 6) is -0.0787. The molecule has 110 valence electrons. The number of furan rings is 1. The number of pyridine rings is 1. The molecule has 0 saturated carbocycles. The molecule has 2 aromatic rings. The number of rotatable bonds is 4. The molecule has 2 rings (SSSR count). The molecule has 0 radical (unpaired) electrons. The molecular formula is C15H16N2O4. The van der Waals surface area contributed by atoms with Gasteiger partial charge in [-0.2, -0.15) is 0 Å². The van der Waals surface area contributed by atoms with E-state index in [2.05, 4.69) is 10.3 Å². The highest BCUT2D eigenvalue weighted by atomic mass is 16.4. The van der Waals surface area contributed by atoms with Gasteiger partial charge in [0, 0.05) is 5.56 Å². The number of carbonyl (C=O) groups is 2. The fraction of sp³-hybridized carbons (Fsp3) is 0.267. The molecule has 0 bridgehead atoms. The summed E-state index contributed by atoms with van der Waals surface area (Å²) in [6.45, 7) is 5.49. The van der Waals surface area contributed by atoms with Crippen molar-refractivity contribution in [2.75, 3.05) is 0 Å². The SMILES string of the molecule is Cc1cc([C@@H](C)NC(=O)c2cccc(C(=O)O)n2)c(C)o1. The molecule has 0 unspecified atom stereocenters. The van der Waals surface area contributed by atoms with E-state index in [1.807, 2.05) is 26.8 Å². The summed E-state index contributed by atoms with van der Waals surface area (Å²) in [6, 6.07) is 5.91. The number of amides is 1. The first kappa shape index (κ1) is 14.8. The average molecular weight is 288 g/mol. The maximum Gasteiger partial charge on any atom is 0.354 e. The Morgan fingerprint density at radius 2 is 1.95 bits per heavy atom. The Hall–Kier alpha value is -2.63. The van der Waals surface area contributed by atoms with E-state index in [4.69, 9.17) is 9.52 Å². The van der Waals surface area contributed by atoms with E-state index in [0.29, 0.717) is 0 Å². The van der Waals surface area contributed by atoms with Crippen LogP contribution in [-0.2, 0) is 0 Å². The van der Waals surface area contributed by atoms with Crippen LogP contribution in [0.3, 0.4) is 0 Å². The van der Waals surface area contributed by atoms with E-state index in [0.717, 1.165) is 17.1 Å². The molecule has 0 fully saturated rings. The molecule has 6 nitrogen and oxygen atoms in total. The van der Waals surface area contributed by atoms with Gasteiger partial charge in [-0.15, -0.1) is 0 Å². The number of aromatic nitrogens is 1. The highest BCUT2D eigenvalue weighted by Crippen LogP contribution is 2.21. The fourth-order valence-corrected chi connectivity index (χ4v) is 2.11. The first-order valence-corrected chi connectivity index (χ1v) is 6.46. The number of hydrogen-bond acceptors (Lipinski definition) is 4. The highest BCUT2D eigenvalue weighted by Gasteiger charge is 2.17. The summed E-state index contributed by atoms with van der Waals surface area (Å²) in [5, 5.41) is 11.7. The van der Waals surface area contributed by atoms with Crippen molar-refractivity contribution in [2.45, 2.75) is 26.8 Å². The standard InChI is InChI=1S/C15H16N2O4/c1-8-7-11(10(3)21-8)9(2)16-14(18)12-5-4-6-13(17-12)15(19)20/h4-7,9H,1-3H3,(H,16,18)(H,19,20)/t9-/m1/s1. The summed E-state index contributed by atoms with van der Waals surface area (Å²) >= 11 is 0.